The van der Waals surface area contributed by atoms with Crippen molar-refractivity contribution >= 4 is 5.91 Å². The molecule has 168 valence electrons. The van der Waals surface area contributed by atoms with Crippen LogP contribution in [0.25, 0.3) is 0 Å². The average molecular weight is 431 g/mol. The molecule has 0 bridgehead atoms. The molecule has 0 radical (unpaired) electrons. The zero-order chi connectivity index (χ0) is 22.2. The Hall–Kier alpha value is -2.49. The molecule has 8 heteroatoms. The molecular formula is C23H29NO7. The maximum absolute atomic E-state index is 12.4. The molecule has 5 N–H and O–H groups in total. The normalized spacial score (nSPS) is 25.7. The minimum absolute atomic E-state index is 0.0684. The van der Waals surface area contributed by atoms with E-state index in [0.717, 1.165) is 12.8 Å². The Balaban J connectivity index is 1.54. The lowest BCUT2D eigenvalue weighted by atomic mass is 9.99. The van der Waals surface area contributed by atoms with Crippen molar-refractivity contribution in [1.29, 1.82) is 0 Å². The highest BCUT2D eigenvalue weighted by molar-refractivity contribution is 5.79. The van der Waals surface area contributed by atoms with Gasteiger partial charge in [0, 0.05) is 12.1 Å². The van der Waals surface area contributed by atoms with Gasteiger partial charge in [0.25, 0.3) is 0 Å². The number of para-hydroxylation sites is 1. The van der Waals surface area contributed by atoms with Gasteiger partial charge >= 0.3 is 0 Å². The molecule has 0 spiro atoms. The first-order valence-corrected chi connectivity index (χ1v) is 10.4. The number of carbonyl (C=O) groups excluding carboxylic acids is 1. The summed E-state index contributed by atoms with van der Waals surface area (Å²) in [6.45, 7) is 0.00129. The standard InChI is InChI=1S/C23H29NO7/c25-14-18-20(27)21(28)22(29)23(31-18)30-17-11-5-4-10-16(17)13-19(26)24-12-6-9-15-7-2-1-3-8-15/h1-5,7-8,10-11,18,20-23,25,27-29H,6,9,12-14H2,(H,24,26). The number of nitrogens with one attached hydrogen (secondary N) is 1. The van der Waals surface area contributed by atoms with Crippen molar-refractivity contribution in [3.8, 4) is 5.75 Å². The highest BCUT2D eigenvalue weighted by Crippen LogP contribution is 2.26. The third-order valence-corrected chi connectivity index (χ3v) is 5.22. The van der Waals surface area contributed by atoms with E-state index in [4.69, 9.17) is 9.47 Å². The van der Waals surface area contributed by atoms with E-state index in [-0.39, 0.29) is 12.3 Å². The van der Waals surface area contributed by atoms with Crippen molar-refractivity contribution in [2.45, 2.75) is 50.0 Å². The summed E-state index contributed by atoms with van der Waals surface area (Å²) >= 11 is 0. The second-order valence-corrected chi connectivity index (χ2v) is 7.54. The van der Waals surface area contributed by atoms with Gasteiger partial charge in [0.05, 0.1) is 13.0 Å². The number of aliphatic hydroxyl groups excluding tert-OH is 4. The van der Waals surface area contributed by atoms with Gasteiger partial charge in [0.1, 0.15) is 30.2 Å². The van der Waals surface area contributed by atoms with Crippen LogP contribution in [-0.2, 0) is 22.4 Å². The van der Waals surface area contributed by atoms with E-state index in [2.05, 4.69) is 17.4 Å². The molecule has 2 aromatic rings. The van der Waals surface area contributed by atoms with Crippen LogP contribution in [0.4, 0.5) is 0 Å². The number of benzene rings is 2. The van der Waals surface area contributed by atoms with Crippen LogP contribution in [-0.4, -0.2) is 70.2 Å². The number of aryl methyl sites for hydroxylation is 1. The van der Waals surface area contributed by atoms with E-state index in [1.165, 1.54) is 5.56 Å². The summed E-state index contributed by atoms with van der Waals surface area (Å²) in [7, 11) is 0. The zero-order valence-electron chi connectivity index (χ0n) is 17.1. The van der Waals surface area contributed by atoms with Crippen molar-refractivity contribution in [3.63, 3.8) is 0 Å². The molecule has 1 aliphatic rings. The number of rotatable bonds is 9. The Morgan fingerprint density at radius 3 is 2.42 bits per heavy atom. The number of amides is 1. The molecule has 0 saturated carbocycles. The van der Waals surface area contributed by atoms with Crippen LogP contribution < -0.4 is 10.1 Å². The van der Waals surface area contributed by atoms with Crippen molar-refractivity contribution in [2.24, 2.45) is 0 Å². The molecule has 1 aliphatic heterocycles. The lowest BCUT2D eigenvalue weighted by Gasteiger charge is -2.39. The summed E-state index contributed by atoms with van der Waals surface area (Å²) in [6, 6.07) is 16.9. The van der Waals surface area contributed by atoms with Crippen LogP contribution in [0, 0.1) is 0 Å². The third-order valence-electron chi connectivity index (χ3n) is 5.22. The molecule has 8 nitrogen and oxygen atoms in total. The second kappa shape index (κ2) is 11.2. The van der Waals surface area contributed by atoms with E-state index >= 15 is 0 Å². The van der Waals surface area contributed by atoms with Crippen LogP contribution in [0.2, 0.25) is 0 Å². The van der Waals surface area contributed by atoms with Gasteiger partial charge < -0.3 is 35.2 Å². The summed E-state index contributed by atoms with van der Waals surface area (Å²) in [5.74, 6) is 0.143. The first kappa shape index (κ1) is 23.2. The lowest BCUT2D eigenvalue weighted by molar-refractivity contribution is -0.277. The Bertz CT molecular complexity index is 830. The summed E-state index contributed by atoms with van der Waals surface area (Å²) in [6.07, 6.45) is -5.12. The molecule has 0 aliphatic carbocycles. The highest BCUT2D eigenvalue weighted by atomic mass is 16.7. The second-order valence-electron chi connectivity index (χ2n) is 7.54. The van der Waals surface area contributed by atoms with Gasteiger partial charge in [-0.25, -0.2) is 0 Å². The summed E-state index contributed by atoms with van der Waals surface area (Å²) in [4.78, 5) is 12.4. The third kappa shape index (κ3) is 6.25. The maximum Gasteiger partial charge on any atom is 0.229 e. The SMILES string of the molecule is O=C(Cc1ccccc1OC1OC(CO)C(O)C(O)C1O)NCCCc1ccccc1. The molecule has 1 heterocycles. The lowest BCUT2D eigenvalue weighted by Crippen LogP contribution is -2.60. The van der Waals surface area contributed by atoms with Gasteiger partial charge in [0.2, 0.25) is 12.2 Å². The first-order valence-electron chi connectivity index (χ1n) is 10.4. The molecular weight excluding hydrogens is 402 g/mol. The van der Waals surface area contributed by atoms with E-state index < -0.39 is 37.3 Å². The molecule has 1 saturated heterocycles. The van der Waals surface area contributed by atoms with Gasteiger partial charge in [0.15, 0.2) is 0 Å². The Kier molecular flexibility index (Phi) is 8.39. The Morgan fingerprint density at radius 2 is 1.68 bits per heavy atom. The number of hydrogen-bond donors (Lipinski definition) is 5. The minimum atomic E-state index is -1.53. The maximum atomic E-state index is 12.4. The fraction of sp³-hybridized carbons (Fsp3) is 0.435. The van der Waals surface area contributed by atoms with Gasteiger partial charge in [-0.3, -0.25) is 4.79 Å². The largest absolute Gasteiger partial charge is 0.462 e. The first-order chi connectivity index (χ1) is 15.0. The van der Waals surface area contributed by atoms with Crippen LogP contribution >= 0.6 is 0 Å². The van der Waals surface area contributed by atoms with Gasteiger partial charge in [-0.2, -0.15) is 0 Å². The highest BCUT2D eigenvalue weighted by Gasteiger charge is 2.44. The smallest absolute Gasteiger partial charge is 0.229 e. The van der Waals surface area contributed by atoms with Gasteiger partial charge in [-0.15, -0.1) is 0 Å². The fourth-order valence-corrected chi connectivity index (χ4v) is 3.46. The van der Waals surface area contributed by atoms with Crippen molar-refractivity contribution in [1.82, 2.24) is 5.32 Å². The summed E-state index contributed by atoms with van der Waals surface area (Å²) < 4.78 is 11.1. The summed E-state index contributed by atoms with van der Waals surface area (Å²) in [5.41, 5.74) is 1.80. The monoisotopic (exact) mass is 431 g/mol. The van der Waals surface area contributed by atoms with E-state index in [0.29, 0.717) is 17.9 Å². The van der Waals surface area contributed by atoms with Crippen molar-refractivity contribution in [2.75, 3.05) is 13.2 Å². The molecule has 1 fully saturated rings. The van der Waals surface area contributed by atoms with Crippen LogP contribution in [0.15, 0.2) is 54.6 Å². The van der Waals surface area contributed by atoms with Gasteiger partial charge in [-0.1, -0.05) is 48.5 Å². The number of aliphatic hydroxyl groups is 4. The average Bonchev–Trinajstić information content (AvgIpc) is 2.79. The van der Waals surface area contributed by atoms with Gasteiger partial charge in [-0.05, 0) is 24.5 Å². The van der Waals surface area contributed by atoms with Crippen molar-refractivity contribution < 1.29 is 34.7 Å². The Morgan fingerprint density at radius 1 is 0.968 bits per heavy atom. The predicted octanol–water partition coefficient (Wildman–Crippen LogP) is 0.157. The minimum Gasteiger partial charge on any atom is -0.462 e. The summed E-state index contributed by atoms with van der Waals surface area (Å²) in [5, 5.41) is 42.2. The Labute approximate surface area is 181 Å². The van der Waals surface area contributed by atoms with E-state index in [1.807, 2.05) is 18.2 Å². The quantitative estimate of drug-likeness (QED) is 0.358. The van der Waals surface area contributed by atoms with Crippen LogP contribution in [0.5, 0.6) is 5.75 Å². The molecule has 0 aromatic heterocycles. The fourth-order valence-electron chi connectivity index (χ4n) is 3.46. The van der Waals surface area contributed by atoms with Crippen LogP contribution in [0.1, 0.15) is 17.5 Å². The number of carbonyl (C=O) groups is 1. The van der Waals surface area contributed by atoms with Crippen molar-refractivity contribution in [3.05, 3.63) is 65.7 Å². The number of hydrogen-bond acceptors (Lipinski definition) is 7. The van der Waals surface area contributed by atoms with Crippen LogP contribution in [0.3, 0.4) is 0 Å². The zero-order valence-corrected chi connectivity index (χ0v) is 17.1. The molecule has 2 aromatic carbocycles. The number of ether oxygens (including phenoxy) is 2. The molecule has 3 rings (SSSR count). The topological polar surface area (TPSA) is 128 Å². The molecule has 1 amide bonds. The predicted molar refractivity (Wildman–Crippen MR) is 112 cm³/mol. The molecule has 31 heavy (non-hydrogen) atoms. The molecule has 5 atom stereocenters. The van der Waals surface area contributed by atoms with E-state index in [1.54, 1.807) is 24.3 Å². The molecule has 5 unspecified atom stereocenters. The van der Waals surface area contributed by atoms with E-state index in [9.17, 15) is 25.2 Å².